The first kappa shape index (κ1) is 17.7. The minimum atomic E-state index is -0.485. The highest BCUT2D eigenvalue weighted by Crippen LogP contribution is 2.22. The van der Waals surface area contributed by atoms with Crippen molar-refractivity contribution in [2.45, 2.75) is 0 Å². The fourth-order valence-electron chi connectivity index (χ4n) is 1.67. The molecule has 2 aromatic rings. The first-order valence-corrected chi connectivity index (χ1v) is 7.67. The predicted octanol–water partition coefficient (Wildman–Crippen LogP) is 2.05. The maximum atomic E-state index is 11.8. The van der Waals surface area contributed by atoms with E-state index >= 15 is 0 Å². The number of carbonyl (C=O) groups is 2. The molecule has 0 aliphatic rings. The molecular formula is C16H14ClN3O3S. The van der Waals surface area contributed by atoms with Gasteiger partial charge in [0, 0.05) is 5.56 Å². The Balaban J connectivity index is 1.73. The molecule has 0 saturated heterocycles. The van der Waals surface area contributed by atoms with Crippen LogP contribution in [0.5, 0.6) is 5.75 Å². The second-order valence-electron chi connectivity index (χ2n) is 4.54. The first-order chi connectivity index (χ1) is 11.6. The molecule has 0 aliphatic heterocycles. The lowest BCUT2D eigenvalue weighted by Gasteiger charge is -2.11. The fraction of sp³-hybridized carbons (Fsp3) is 0.0625. The van der Waals surface area contributed by atoms with Gasteiger partial charge in [-0.25, -0.2) is 0 Å². The van der Waals surface area contributed by atoms with Crippen molar-refractivity contribution < 1.29 is 14.3 Å². The normalized spacial score (nSPS) is 9.71. The zero-order valence-electron chi connectivity index (χ0n) is 12.4. The van der Waals surface area contributed by atoms with Gasteiger partial charge in [0.2, 0.25) is 0 Å². The lowest BCUT2D eigenvalue weighted by atomic mass is 10.2. The van der Waals surface area contributed by atoms with Gasteiger partial charge in [-0.05, 0) is 36.5 Å². The van der Waals surface area contributed by atoms with E-state index in [1.807, 2.05) is 0 Å². The highest BCUT2D eigenvalue weighted by molar-refractivity contribution is 7.80. The molecule has 0 atom stereocenters. The van der Waals surface area contributed by atoms with Crippen molar-refractivity contribution in [3.05, 3.63) is 65.2 Å². The number of benzene rings is 2. The highest BCUT2D eigenvalue weighted by atomic mass is 35.5. The van der Waals surface area contributed by atoms with Crippen LogP contribution < -0.4 is 20.9 Å². The zero-order chi connectivity index (χ0) is 17.4. The van der Waals surface area contributed by atoms with Crippen LogP contribution in [-0.4, -0.2) is 23.5 Å². The largest absolute Gasteiger partial charge is 0.482 e. The third-order valence-corrected chi connectivity index (χ3v) is 3.29. The molecule has 24 heavy (non-hydrogen) atoms. The zero-order valence-corrected chi connectivity index (χ0v) is 14.0. The Morgan fingerprint density at radius 2 is 1.67 bits per heavy atom. The summed E-state index contributed by atoms with van der Waals surface area (Å²) < 4.78 is 5.28. The average Bonchev–Trinajstić information content (AvgIpc) is 2.59. The Hall–Kier alpha value is -2.64. The fourth-order valence-corrected chi connectivity index (χ4v) is 2.03. The molecule has 0 aromatic heterocycles. The molecule has 3 N–H and O–H groups in total. The van der Waals surface area contributed by atoms with E-state index in [1.54, 1.807) is 54.6 Å². The number of hydrazine groups is 1. The SMILES string of the molecule is O=C(COc1ccccc1Cl)NC(=S)NNC(=O)c1ccccc1. The lowest BCUT2D eigenvalue weighted by molar-refractivity contribution is -0.121. The molecule has 0 radical (unpaired) electrons. The molecule has 0 spiro atoms. The Kier molecular flexibility index (Phi) is 6.53. The van der Waals surface area contributed by atoms with E-state index < -0.39 is 5.91 Å². The van der Waals surface area contributed by atoms with Crippen LogP contribution >= 0.6 is 23.8 Å². The summed E-state index contributed by atoms with van der Waals surface area (Å²) >= 11 is 10.8. The van der Waals surface area contributed by atoms with Gasteiger partial charge in [0.1, 0.15) is 5.75 Å². The number of ether oxygens (including phenoxy) is 1. The van der Waals surface area contributed by atoms with Gasteiger partial charge in [-0.1, -0.05) is 41.9 Å². The van der Waals surface area contributed by atoms with Crippen LogP contribution in [0.2, 0.25) is 5.02 Å². The Morgan fingerprint density at radius 1 is 1.00 bits per heavy atom. The van der Waals surface area contributed by atoms with Crippen LogP contribution in [0.3, 0.4) is 0 Å². The van der Waals surface area contributed by atoms with E-state index in [0.717, 1.165) is 0 Å². The van der Waals surface area contributed by atoms with Gasteiger partial charge in [-0.2, -0.15) is 0 Å². The molecule has 0 bridgehead atoms. The van der Waals surface area contributed by atoms with Crippen LogP contribution in [0.15, 0.2) is 54.6 Å². The molecule has 2 aromatic carbocycles. The quantitative estimate of drug-likeness (QED) is 0.572. The Morgan fingerprint density at radius 3 is 2.38 bits per heavy atom. The summed E-state index contributed by atoms with van der Waals surface area (Å²) in [5.41, 5.74) is 5.28. The van der Waals surface area contributed by atoms with Crippen molar-refractivity contribution in [2.24, 2.45) is 0 Å². The molecule has 0 fully saturated rings. The standard InChI is InChI=1S/C16H14ClN3O3S/c17-12-8-4-5-9-13(12)23-10-14(21)18-16(24)20-19-15(22)11-6-2-1-3-7-11/h1-9H,10H2,(H,19,22)(H2,18,20,21,24). The number of carbonyl (C=O) groups excluding carboxylic acids is 2. The number of thiocarbonyl (C=S) groups is 1. The average molecular weight is 364 g/mol. The monoisotopic (exact) mass is 363 g/mol. The van der Waals surface area contributed by atoms with Crippen molar-refractivity contribution in [2.75, 3.05) is 6.61 Å². The summed E-state index contributed by atoms with van der Waals surface area (Å²) in [5.74, 6) is -0.466. The molecule has 6 nitrogen and oxygen atoms in total. The van der Waals surface area contributed by atoms with Gasteiger partial charge in [-0.15, -0.1) is 0 Å². The highest BCUT2D eigenvalue weighted by Gasteiger charge is 2.09. The minimum absolute atomic E-state index is 0.0490. The maximum absolute atomic E-state index is 11.8. The van der Waals surface area contributed by atoms with E-state index in [4.69, 9.17) is 28.6 Å². The predicted molar refractivity (Wildman–Crippen MR) is 94.7 cm³/mol. The van der Waals surface area contributed by atoms with Crippen molar-refractivity contribution >= 4 is 40.7 Å². The molecular weight excluding hydrogens is 350 g/mol. The maximum Gasteiger partial charge on any atom is 0.269 e. The number of para-hydroxylation sites is 1. The summed E-state index contributed by atoms with van der Waals surface area (Å²) in [6, 6.07) is 15.4. The van der Waals surface area contributed by atoms with E-state index in [0.29, 0.717) is 16.3 Å². The molecule has 8 heteroatoms. The molecule has 2 rings (SSSR count). The number of rotatable bonds is 4. The summed E-state index contributed by atoms with van der Waals surface area (Å²) in [4.78, 5) is 23.5. The van der Waals surface area contributed by atoms with Gasteiger partial charge < -0.3 is 4.74 Å². The third-order valence-electron chi connectivity index (χ3n) is 2.77. The Labute approximate surface area is 149 Å². The van der Waals surface area contributed by atoms with Crippen LogP contribution in [0, 0.1) is 0 Å². The number of halogens is 1. The lowest BCUT2D eigenvalue weighted by Crippen LogP contribution is -2.49. The van der Waals surface area contributed by atoms with E-state index in [9.17, 15) is 9.59 Å². The summed E-state index contributed by atoms with van der Waals surface area (Å²) in [6.45, 7) is -0.266. The summed E-state index contributed by atoms with van der Waals surface area (Å²) in [6.07, 6.45) is 0. The van der Waals surface area contributed by atoms with Gasteiger partial charge in [-0.3, -0.25) is 25.8 Å². The van der Waals surface area contributed by atoms with E-state index in [1.165, 1.54) is 0 Å². The number of nitrogens with one attached hydrogen (secondary N) is 3. The van der Waals surface area contributed by atoms with Crippen molar-refractivity contribution in [3.8, 4) is 5.75 Å². The number of amides is 2. The Bertz CT molecular complexity index is 740. The summed E-state index contributed by atoms with van der Waals surface area (Å²) in [5, 5.41) is 2.73. The van der Waals surface area contributed by atoms with Crippen molar-refractivity contribution in [1.29, 1.82) is 0 Å². The van der Waals surface area contributed by atoms with Gasteiger partial charge in [0.05, 0.1) is 5.02 Å². The summed E-state index contributed by atoms with van der Waals surface area (Å²) in [7, 11) is 0. The van der Waals surface area contributed by atoms with Gasteiger partial charge in [0.25, 0.3) is 11.8 Å². The van der Waals surface area contributed by atoms with Crippen LogP contribution in [-0.2, 0) is 4.79 Å². The van der Waals surface area contributed by atoms with Crippen molar-refractivity contribution in [3.63, 3.8) is 0 Å². The third kappa shape index (κ3) is 5.53. The van der Waals surface area contributed by atoms with Gasteiger partial charge >= 0.3 is 0 Å². The van der Waals surface area contributed by atoms with Gasteiger partial charge in [0.15, 0.2) is 11.7 Å². The smallest absolute Gasteiger partial charge is 0.269 e. The molecule has 0 heterocycles. The second kappa shape index (κ2) is 8.85. The second-order valence-corrected chi connectivity index (χ2v) is 5.36. The molecule has 124 valence electrons. The van der Waals surface area contributed by atoms with E-state index in [-0.39, 0.29) is 17.6 Å². The van der Waals surface area contributed by atoms with Crippen LogP contribution in [0.4, 0.5) is 0 Å². The minimum Gasteiger partial charge on any atom is -0.482 e. The molecule has 0 saturated carbocycles. The molecule has 2 amide bonds. The topological polar surface area (TPSA) is 79.5 Å². The van der Waals surface area contributed by atoms with Crippen LogP contribution in [0.25, 0.3) is 0 Å². The number of hydrogen-bond donors (Lipinski definition) is 3. The van der Waals surface area contributed by atoms with Crippen molar-refractivity contribution in [1.82, 2.24) is 16.2 Å². The van der Waals surface area contributed by atoms with Crippen LogP contribution in [0.1, 0.15) is 10.4 Å². The molecule has 0 aliphatic carbocycles. The first-order valence-electron chi connectivity index (χ1n) is 6.89. The molecule has 0 unspecified atom stereocenters. The number of hydrogen-bond acceptors (Lipinski definition) is 4. The van der Waals surface area contributed by atoms with E-state index in [2.05, 4.69) is 16.2 Å².